The number of aromatic nitrogens is 1. The van der Waals surface area contributed by atoms with Gasteiger partial charge in [-0.05, 0) is 48.4 Å². The van der Waals surface area contributed by atoms with Gasteiger partial charge in [0.05, 0.1) is 15.5 Å². The SMILES string of the molecule is Cc1c(S(N)(=O)=O)ccc(F)c1-c1cncc(-c2ccc(C#N)c(Cl)c2)c1. The van der Waals surface area contributed by atoms with Gasteiger partial charge in [0.15, 0.2) is 0 Å². The number of hydrogen-bond donors (Lipinski definition) is 1. The zero-order valence-corrected chi connectivity index (χ0v) is 15.6. The minimum atomic E-state index is -3.99. The van der Waals surface area contributed by atoms with Crippen molar-refractivity contribution in [3.63, 3.8) is 0 Å². The van der Waals surface area contributed by atoms with E-state index in [9.17, 15) is 12.8 Å². The number of hydrogen-bond acceptors (Lipinski definition) is 4. The van der Waals surface area contributed by atoms with E-state index in [1.165, 1.54) is 13.1 Å². The molecule has 0 saturated heterocycles. The van der Waals surface area contributed by atoms with Crippen molar-refractivity contribution >= 4 is 21.6 Å². The number of rotatable bonds is 3. The van der Waals surface area contributed by atoms with E-state index < -0.39 is 15.8 Å². The third-order valence-electron chi connectivity index (χ3n) is 4.12. The van der Waals surface area contributed by atoms with Crippen LogP contribution in [-0.2, 0) is 10.0 Å². The van der Waals surface area contributed by atoms with Gasteiger partial charge in [0, 0.05) is 29.1 Å². The van der Waals surface area contributed by atoms with Crippen molar-refractivity contribution in [1.29, 1.82) is 5.26 Å². The zero-order chi connectivity index (χ0) is 19.8. The van der Waals surface area contributed by atoms with Gasteiger partial charge in [-0.15, -0.1) is 0 Å². The van der Waals surface area contributed by atoms with Gasteiger partial charge in [-0.25, -0.2) is 17.9 Å². The Balaban J connectivity index is 2.18. The molecular formula is C19H13ClFN3O2S. The molecule has 27 heavy (non-hydrogen) atoms. The van der Waals surface area contributed by atoms with E-state index >= 15 is 0 Å². The van der Waals surface area contributed by atoms with Crippen LogP contribution in [0.4, 0.5) is 4.39 Å². The number of halogens is 2. The highest BCUT2D eigenvalue weighted by Gasteiger charge is 2.19. The Kier molecular flexibility index (Phi) is 4.98. The van der Waals surface area contributed by atoms with E-state index in [1.807, 2.05) is 6.07 Å². The van der Waals surface area contributed by atoms with Crippen molar-refractivity contribution in [2.24, 2.45) is 5.14 Å². The molecule has 3 rings (SSSR count). The van der Waals surface area contributed by atoms with Gasteiger partial charge in [-0.3, -0.25) is 4.98 Å². The van der Waals surface area contributed by atoms with Crippen LogP contribution in [0.2, 0.25) is 5.02 Å². The molecule has 0 saturated carbocycles. The second-order valence-electron chi connectivity index (χ2n) is 5.86. The number of primary sulfonamides is 1. The van der Waals surface area contributed by atoms with Crippen molar-refractivity contribution in [3.8, 4) is 28.3 Å². The number of benzene rings is 2. The first-order chi connectivity index (χ1) is 12.7. The topological polar surface area (TPSA) is 96.8 Å². The molecule has 0 radical (unpaired) electrons. The number of nitriles is 1. The summed E-state index contributed by atoms with van der Waals surface area (Å²) in [5, 5.41) is 14.5. The summed E-state index contributed by atoms with van der Waals surface area (Å²) in [6.45, 7) is 1.49. The lowest BCUT2D eigenvalue weighted by Gasteiger charge is -2.12. The highest BCUT2D eigenvalue weighted by atomic mass is 35.5. The lowest BCUT2D eigenvalue weighted by Crippen LogP contribution is -2.14. The van der Waals surface area contributed by atoms with Gasteiger partial charge in [-0.1, -0.05) is 17.7 Å². The van der Waals surface area contributed by atoms with Gasteiger partial charge in [0.25, 0.3) is 0 Å². The number of nitrogens with two attached hydrogens (primary N) is 1. The molecule has 0 fully saturated rings. The van der Waals surface area contributed by atoms with Crippen molar-refractivity contribution in [2.45, 2.75) is 11.8 Å². The van der Waals surface area contributed by atoms with Crippen LogP contribution in [0.1, 0.15) is 11.1 Å². The van der Waals surface area contributed by atoms with E-state index in [1.54, 1.807) is 30.5 Å². The van der Waals surface area contributed by atoms with Gasteiger partial charge in [0.2, 0.25) is 10.0 Å². The molecule has 0 spiro atoms. The highest BCUT2D eigenvalue weighted by Crippen LogP contribution is 2.33. The maximum atomic E-state index is 14.5. The molecule has 0 aliphatic rings. The summed E-state index contributed by atoms with van der Waals surface area (Å²) < 4.78 is 37.9. The van der Waals surface area contributed by atoms with Crippen molar-refractivity contribution in [1.82, 2.24) is 4.98 Å². The molecule has 5 nitrogen and oxygen atoms in total. The molecule has 0 aliphatic heterocycles. The molecule has 136 valence electrons. The second-order valence-corrected chi connectivity index (χ2v) is 7.80. The molecule has 0 aliphatic carbocycles. The molecular weight excluding hydrogens is 389 g/mol. The lowest BCUT2D eigenvalue weighted by molar-refractivity contribution is 0.596. The van der Waals surface area contributed by atoms with E-state index in [0.717, 1.165) is 12.1 Å². The fraction of sp³-hybridized carbons (Fsp3) is 0.0526. The van der Waals surface area contributed by atoms with Crippen LogP contribution in [0.15, 0.2) is 53.7 Å². The molecule has 0 unspecified atom stereocenters. The minimum absolute atomic E-state index is 0.107. The van der Waals surface area contributed by atoms with E-state index in [0.29, 0.717) is 27.3 Å². The Hall–Kier alpha value is -2.79. The molecule has 2 aromatic carbocycles. The predicted molar refractivity (Wildman–Crippen MR) is 101 cm³/mol. The monoisotopic (exact) mass is 401 g/mol. The maximum absolute atomic E-state index is 14.5. The first-order valence-corrected chi connectivity index (χ1v) is 9.62. The Morgan fingerprint density at radius 3 is 2.44 bits per heavy atom. The van der Waals surface area contributed by atoms with E-state index in [-0.39, 0.29) is 16.0 Å². The quantitative estimate of drug-likeness (QED) is 0.716. The van der Waals surface area contributed by atoms with E-state index in [4.69, 9.17) is 22.0 Å². The first-order valence-electron chi connectivity index (χ1n) is 7.69. The second kappa shape index (κ2) is 7.08. The van der Waals surface area contributed by atoms with E-state index in [2.05, 4.69) is 4.98 Å². The summed E-state index contributed by atoms with van der Waals surface area (Å²) in [4.78, 5) is 3.98. The van der Waals surface area contributed by atoms with Crippen molar-refractivity contribution in [2.75, 3.05) is 0 Å². The number of pyridine rings is 1. The maximum Gasteiger partial charge on any atom is 0.238 e. The summed E-state index contributed by atoms with van der Waals surface area (Å²) in [5.41, 5.74) is 2.37. The summed E-state index contributed by atoms with van der Waals surface area (Å²) in [5.74, 6) is -0.586. The van der Waals surface area contributed by atoms with Crippen LogP contribution in [0.5, 0.6) is 0 Å². The number of nitrogens with zero attached hydrogens (tertiary/aromatic N) is 2. The normalized spacial score (nSPS) is 11.2. The van der Waals surface area contributed by atoms with Crippen LogP contribution in [0.25, 0.3) is 22.3 Å². The van der Waals surface area contributed by atoms with Gasteiger partial charge in [-0.2, -0.15) is 5.26 Å². The summed E-state index contributed by atoms with van der Waals surface area (Å²) in [6.07, 6.45) is 3.01. The molecule has 8 heteroatoms. The Labute approximate surface area is 160 Å². The predicted octanol–water partition coefficient (Wildman–Crippen LogP) is 4.04. The first kappa shape index (κ1) is 19.0. The third kappa shape index (κ3) is 3.69. The summed E-state index contributed by atoms with van der Waals surface area (Å²) in [7, 11) is -3.99. The average molecular weight is 402 g/mol. The standard InChI is InChI=1S/C19H13ClFN3O2S/c1-11-18(27(23,25)26)5-4-17(21)19(11)15-6-14(9-24-10-15)12-2-3-13(8-22)16(20)7-12/h2-7,9-10H,1H3,(H2,23,25,26). The largest absolute Gasteiger partial charge is 0.263 e. The molecule has 0 bridgehead atoms. The fourth-order valence-corrected chi connectivity index (χ4v) is 3.85. The average Bonchev–Trinajstić information content (AvgIpc) is 2.61. The highest BCUT2D eigenvalue weighted by molar-refractivity contribution is 7.89. The van der Waals surface area contributed by atoms with Crippen LogP contribution < -0.4 is 5.14 Å². The molecule has 3 aromatic rings. The summed E-state index contributed by atoms with van der Waals surface area (Å²) >= 11 is 6.07. The van der Waals surface area contributed by atoms with Crippen LogP contribution >= 0.6 is 11.6 Å². The Morgan fingerprint density at radius 2 is 1.81 bits per heavy atom. The molecule has 2 N–H and O–H groups in total. The van der Waals surface area contributed by atoms with Crippen LogP contribution in [0, 0.1) is 24.1 Å². The molecule has 1 heterocycles. The Bertz CT molecular complexity index is 1200. The lowest BCUT2D eigenvalue weighted by atomic mass is 9.98. The smallest absolute Gasteiger partial charge is 0.238 e. The van der Waals surface area contributed by atoms with Gasteiger partial charge in [0.1, 0.15) is 11.9 Å². The van der Waals surface area contributed by atoms with Gasteiger partial charge < -0.3 is 0 Å². The third-order valence-corrected chi connectivity index (χ3v) is 5.49. The van der Waals surface area contributed by atoms with Crippen LogP contribution in [0.3, 0.4) is 0 Å². The van der Waals surface area contributed by atoms with Crippen LogP contribution in [-0.4, -0.2) is 13.4 Å². The van der Waals surface area contributed by atoms with Gasteiger partial charge >= 0.3 is 0 Å². The van der Waals surface area contributed by atoms with Crippen molar-refractivity contribution < 1.29 is 12.8 Å². The molecule has 0 amide bonds. The zero-order valence-electron chi connectivity index (χ0n) is 14.1. The molecule has 0 atom stereocenters. The Morgan fingerprint density at radius 1 is 1.11 bits per heavy atom. The van der Waals surface area contributed by atoms with Crippen molar-refractivity contribution in [3.05, 3.63) is 70.8 Å². The molecule has 1 aromatic heterocycles. The summed E-state index contributed by atoms with van der Waals surface area (Å²) in [6, 6.07) is 10.8. The minimum Gasteiger partial charge on any atom is -0.263 e. The number of sulfonamides is 1. The fourth-order valence-electron chi connectivity index (χ4n) is 2.84.